The van der Waals surface area contributed by atoms with E-state index in [0.717, 1.165) is 36.2 Å². The third kappa shape index (κ3) is 3.36. The van der Waals surface area contributed by atoms with Crippen LogP contribution in [0.25, 0.3) is 5.65 Å². The summed E-state index contributed by atoms with van der Waals surface area (Å²) < 4.78 is 16.0. The van der Waals surface area contributed by atoms with E-state index in [1.165, 1.54) is 43.6 Å². The van der Waals surface area contributed by atoms with Crippen LogP contribution in [-0.2, 0) is 0 Å². The standard InChI is InChI=1S/C23H26FN5O/c1-15-14-29-20(26-21(15)16-7-2-3-8-16)13-18(27-29)19-10-4-5-12-28(19)23(30)17-9-6-11-25-22(17)24/h6,9,11,13-14,16,19H,2-5,7-8,10,12H2,1H3. The van der Waals surface area contributed by atoms with E-state index in [2.05, 4.69) is 18.1 Å². The molecule has 1 atom stereocenters. The lowest BCUT2D eigenvalue weighted by molar-refractivity contribution is 0.0600. The van der Waals surface area contributed by atoms with Crippen molar-refractivity contribution in [2.75, 3.05) is 6.54 Å². The highest BCUT2D eigenvalue weighted by Gasteiger charge is 2.32. The minimum atomic E-state index is -0.722. The predicted molar refractivity (Wildman–Crippen MR) is 111 cm³/mol. The van der Waals surface area contributed by atoms with Gasteiger partial charge in [0.25, 0.3) is 5.91 Å². The van der Waals surface area contributed by atoms with E-state index >= 15 is 0 Å². The summed E-state index contributed by atoms with van der Waals surface area (Å²) in [6.07, 6.45) is 11.1. The van der Waals surface area contributed by atoms with Gasteiger partial charge in [-0.25, -0.2) is 14.5 Å². The smallest absolute Gasteiger partial charge is 0.259 e. The number of likely N-dealkylation sites (tertiary alicyclic amines) is 1. The number of halogens is 1. The molecule has 2 fully saturated rings. The quantitative estimate of drug-likeness (QED) is 0.596. The largest absolute Gasteiger partial charge is 0.330 e. The fraction of sp³-hybridized carbons (Fsp3) is 0.478. The highest BCUT2D eigenvalue weighted by molar-refractivity contribution is 5.94. The zero-order chi connectivity index (χ0) is 20.7. The molecule has 7 heteroatoms. The molecule has 1 saturated carbocycles. The number of pyridine rings is 1. The van der Waals surface area contributed by atoms with Crippen LogP contribution in [0.3, 0.4) is 0 Å². The minimum absolute atomic E-state index is 0.0191. The van der Waals surface area contributed by atoms with Gasteiger partial charge in [0.05, 0.1) is 23.0 Å². The molecule has 0 radical (unpaired) electrons. The molecule has 1 aliphatic carbocycles. The van der Waals surface area contributed by atoms with Crippen molar-refractivity contribution in [1.82, 2.24) is 24.5 Å². The Kier molecular flexibility index (Phi) is 4.97. The van der Waals surface area contributed by atoms with Gasteiger partial charge in [0.15, 0.2) is 5.65 Å². The third-order valence-electron chi connectivity index (χ3n) is 6.53. The zero-order valence-corrected chi connectivity index (χ0v) is 17.2. The second-order valence-corrected chi connectivity index (χ2v) is 8.51. The monoisotopic (exact) mass is 407 g/mol. The van der Waals surface area contributed by atoms with Gasteiger partial charge in [-0.1, -0.05) is 12.8 Å². The average Bonchev–Trinajstić information content (AvgIpc) is 3.42. The van der Waals surface area contributed by atoms with Crippen LogP contribution in [0.2, 0.25) is 0 Å². The van der Waals surface area contributed by atoms with Crippen LogP contribution < -0.4 is 0 Å². The van der Waals surface area contributed by atoms with E-state index in [0.29, 0.717) is 12.5 Å². The molecule has 1 saturated heterocycles. The molecule has 2 aliphatic rings. The van der Waals surface area contributed by atoms with Crippen molar-refractivity contribution < 1.29 is 9.18 Å². The maximum atomic E-state index is 14.1. The molecule has 0 N–H and O–H groups in total. The highest BCUT2D eigenvalue weighted by Crippen LogP contribution is 2.36. The summed E-state index contributed by atoms with van der Waals surface area (Å²) in [6, 6.07) is 4.91. The van der Waals surface area contributed by atoms with Crippen molar-refractivity contribution >= 4 is 11.6 Å². The Bertz CT molecular complexity index is 1090. The Morgan fingerprint density at radius 3 is 2.77 bits per heavy atom. The lowest BCUT2D eigenvalue weighted by Crippen LogP contribution is -2.39. The summed E-state index contributed by atoms with van der Waals surface area (Å²) in [5.41, 5.74) is 4.01. The van der Waals surface area contributed by atoms with Crippen molar-refractivity contribution in [2.24, 2.45) is 0 Å². The number of hydrogen-bond donors (Lipinski definition) is 0. The average molecular weight is 407 g/mol. The van der Waals surface area contributed by atoms with Gasteiger partial charge in [-0.15, -0.1) is 0 Å². The summed E-state index contributed by atoms with van der Waals surface area (Å²) in [5.74, 6) is -0.506. The Labute approximate surface area is 175 Å². The number of fused-ring (bicyclic) bond motifs is 1. The van der Waals surface area contributed by atoms with Gasteiger partial charge < -0.3 is 4.90 Å². The highest BCUT2D eigenvalue weighted by atomic mass is 19.1. The topological polar surface area (TPSA) is 63.4 Å². The van der Waals surface area contributed by atoms with E-state index in [1.54, 1.807) is 11.0 Å². The summed E-state index contributed by atoms with van der Waals surface area (Å²) in [4.78, 5) is 23.4. The summed E-state index contributed by atoms with van der Waals surface area (Å²) in [5, 5.41) is 4.76. The first-order chi connectivity index (χ1) is 14.6. The molecular weight excluding hydrogens is 381 g/mol. The lowest BCUT2D eigenvalue weighted by atomic mass is 9.98. The van der Waals surface area contributed by atoms with Crippen LogP contribution in [0.4, 0.5) is 4.39 Å². The predicted octanol–water partition coefficient (Wildman–Crippen LogP) is 4.60. The molecular formula is C23H26FN5O. The number of hydrogen-bond acceptors (Lipinski definition) is 4. The van der Waals surface area contributed by atoms with Gasteiger partial charge in [0, 0.05) is 30.9 Å². The molecule has 1 amide bonds. The molecule has 1 aliphatic heterocycles. The van der Waals surface area contributed by atoms with Crippen LogP contribution in [0.1, 0.15) is 84.2 Å². The molecule has 0 aromatic carbocycles. The summed E-state index contributed by atoms with van der Waals surface area (Å²) in [7, 11) is 0. The number of aromatic nitrogens is 4. The molecule has 30 heavy (non-hydrogen) atoms. The second-order valence-electron chi connectivity index (χ2n) is 8.51. The van der Waals surface area contributed by atoms with Crippen molar-refractivity contribution in [1.29, 1.82) is 0 Å². The number of aryl methyl sites for hydroxylation is 1. The van der Waals surface area contributed by atoms with Gasteiger partial charge in [-0.3, -0.25) is 4.79 Å². The first-order valence-corrected chi connectivity index (χ1v) is 10.9. The fourth-order valence-electron chi connectivity index (χ4n) is 5.00. The van der Waals surface area contributed by atoms with Crippen LogP contribution in [0.5, 0.6) is 0 Å². The van der Waals surface area contributed by atoms with Crippen molar-refractivity contribution in [3.63, 3.8) is 0 Å². The summed E-state index contributed by atoms with van der Waals surface area (Å²) in [6.45, 7) is 2.69. The molecule has 0 spiro atoms. The van der Waals surface area contributed by atoms with Crippen molar-refractivity contribution in [2.45, 2.75) is 63.8 Å². The number of amides is 1. The number of piperidine rings is 1. The van der Waals surface area contributed by atoms with Crippen molar-refractivity contribution in [3.8, 4) is 0 Å². The van der Waals surface area contributed by atoms with E-state index in [-0.39, 0.29) is 17.5 Å². The minimum Gasteiger partial charge on any atom is -0.330 e. The second kappa shape index (κ2) is 7.78. The molecule has 5 rings (SSSR count). The van der Waals surface area contributed by atoms with E-state index in [1.807, 2.05) is 10.6 Å². The van der Waals surface area contributed by atoms with Gasteiger partial charge in [-0.2, -0.15) is 9.49 Å². The molecule has 3 aromatic rings. The Morgan fingerprint density at radius 2 is 1.97 bits per heavy atom. The van der Waals surface area contributed by atoms with Gasteiger partial charge in [0.1, 0.15) is 0 Å². The maximum Gasteiger partial charge on any atom is 0.259 e. The zero-order valence-electron chi connectivity index (χ0n) is 17.2. The molecule has 3 aromatic heterocycles. The van der Waals surface area contributed by atoms with E-state index in [9.17, 15) is 9.18 Å². The summed E-state index contributed by atoms with van der Waals surface area (Å²) >= 11 is 0. The first-order valence-electron chi connectivity index (χ1n) is 10.9. The number of nitrogens with zero attached hydrogens (tertiary/aromatic N) is 5. The van der Waals surface area contributed by atoms with Crippen LogP contribution >= 0.6 is 0 Å². The van der Waals surface area contributed by atoms with Crippen LogP contribution in [-0.4, -0.2) is 36.9 Å². The Hall–Kier alpha value is -2.83. The number of carbonyl (C=O) groups is 1. The normalized spacial score (nSPS) is 20.2. The van der Waals surface area contributed by atoms with Gasteiger partial charge >= 0.3 is 0 Å². The molecule has 4 heterocycles. The molecule has 1 unspecified atom stereocenters. The van der Waals surface area contributed by atoms with Gasteiger partial charge in [0.2, 0.25) is 5.95 Å². The number of rotatable bonds is 3. The lowest BCUT2D eigenvalue weighted by Gasteiger charge is -2.34. The van der Waals surface area contributed by atoms with Crippen molar-refractivity contribution in [3.05, 3.63) is 59.1 Å². The Balaban J connectivity index is 1.49. The third-order valence-corrected chi connectivity index (χ3v) is 6.53. The maximum absolute atomic E-state index is 14.1. The van der Waals surface area contributed by atoms with Crippen LogP contribution in [0, 0.1) is 12.9 Å². The SMILES string of the molecule is Cc1cn2nc(C3CCCCN3C(=O)c3cccnc3F)cc2nc1C1CCCC1. The van der Waals surface area contributed by atoms with Gasteiger partial charge in [-0.05, 0) is 56.7 Å². The molecule has 6 nitrogen and oxygen atoms in total. The molecule has 156 valence electrons. The van der Waals surface area contributed by atoms with E-state index < -0.39 is 5.95 Å². The fourth-order valence-corrected chi connectivity index (χ4v) is 5.00. The van der Waals surface area contributed by atoms with E-state index in [4.69, 9.17) is 10.1 Å². The number of carbonyl (C=O) groups excluding carboxylic acids is 1. The molecule has 0 bridgehead atoms. The van der Waals surface area contributed by atoms with Crippen LogP contribution in [0.15, 0.2) is 30.6 Å². The first kappa shape index (κ1) is 19.2. The Morgan fingerprint density at radius 1 is 1.17 bits per heavy atom.